The third kappa shape index (κ3) is 3.24. The van der Waals surface area contributed by atoms with Crippen LogP contribution in [-0.2, 0) is 0 Å². The fourth-order valence-electron chi connectivity index (χ4n) is 2.06. The molecular weight excluding hydrogens is 276 g/mol. The van der Waals surface area contributed by atoms with E-state index in [1.807, 2.05) is 13.0 Å². The maximum absolute atomic E-state index is 13.6. The molecule has 0 aliphatic heterocycles. The molecule has 2 aromatic carbocycles. The Bertz CT molecular complexity index is 611. The van der Waals surface area contributed by atoms with E-state index in [1.165, 1.54) is 25.3 Å². The minimum absolute atomic E-state index is 0.139. The summed E-state index contributed by atoms with van der Waals surface area (Å²) < 4.78 is 37.7. The standard InChI is InChI=1S/C16H17F2NO2/c1-10(19-16-12(17)5-4-6-13(16)18)11-7-8-14(20-2)15(9-11)21-3/h4-10,19H,1-3H3. The highest BCUT2D eigenvalue weighted by Crippen LogP contribution is 2.31. The van der Waals surface area contributed by atoms with E-state index in [2.05, 4.69) is 5.32 Å². The fraction of sp³-hybridized carbons (Fsp3) is 0.250. The van der Waals surface area contributed by atoms with Crippen molar-refractivity contribution in [3.8, 4) is 11.5 Å². The van der Waals surface area contributed by atoms with Crippen LogP contribution in [0.4, 0.5) is 14.5 Å². The molecule has 0 aromatic heterocycles. The Balaban J connectivity index is 2.26. The lowest BCUT2D eigenvalue weighted by Gasteiger charge is -2.18. The molecule has 2 aromatic rings. The number of hydrogen-bond donors (Lipinski definition) is 1. The normalized spacial score (nSPS) is 11.9. The minimum Gasteiger partial charge on any atom is -0.493 e. The third-order valence-corrected chi connectivity index (χ3v) is 3.23. The van der Waals surface area contributed by atoms with Crippen molar-refractivity contribution in [3.05, 3.63) is 53.6 Å². The van der Waals surface area contributed by atoms with Gasteiger partial charge in [0.15, 0.2) is 11.5 Å². The smallest absolute Gasteiger partial charge is 0.161 e. The predicted molar refractivity (Wildman–Crippen MR) is 77.9 cm³/mol. The summed E-state index contributed by atoms with van der Waals surface area (Å²) in [4.78, 5) is 0. The van der Waals surface area contributed by atoms with Crippen molar-refractivity contribution in [2.24, 2.45) is 0 Å². The predicted octanol–water partition coefficient (Wildman–Crippen LogP) is 4.16. The Labute approximate surface area is 122 Å². The van der Waals surface area contributed by atoms with Gasteiger partial charge in [-0.15, -0.1) is 0 Å². The summed E-state index contributed by atoms with van der Waals surface area (Å²) in [6, 6.07) is 8.81. The van der Waals surface area contributed by atoms with Crippen LogP contribution in [0.2, 0.25) is 0 Å². The molecule has 1 atom stereocenters. The van der Waals surface area contributed by atoms with E-state index in [0.29, 0.717) is 11.5 Å². The van der Waals surface area contributed by atoms with E-state index >= 15 is 0 Å². The Morgan fingerprint density at radius 2 is 1.57 bits per heavy atom. The zero-order valence-corrected chi connectivity index (χ0v) is 12.1. The number of ether oxygens (including phenoxy) is 2. The van der Waals surface area contributed by atoms with Gasteiger partial charge in [-0.05, 0) is 36.8 Å². The lowest BCUT2D eigenvalue weighted by Crippen LogP contribution is -2.10. The number of para-hydroxylation sites is 1. The van der Waals surface area contributed by atoms with Crippen LogP contribution in [0.15, 0.2) is 36.4 Å². The fourth-order valence-corrected chi connectivity index (χ4v) is 2.06. The second kappa shape index (κ2) is 6.43. The summed E-state index contributed by atoms with van der Waals surface area (Å²) in [7, 11) is 3.09. The number of hydrogen-bond acceptors (Lipinski definition) is 3. The lowest BCUT2D eigenvalue weighted by molar-refractivity contribution is 0.354. The van der Waals surface area contributed by atoms with Crippen molar-refractivity contribution in [2.45, 2.75) is 13.0 Å². The van der Waals surface area contributed by atoms with Crippen molar-refractivity contribution in [1.29, 1.82) is 0 Å². The Hall–Kier alpha value is -2.30. The molecule has 0 heterocycles. The van der Waals surface area contributed by atoms with Crippen molar-refractivity contribution in [3.63, 3.8) is 0 Å². The van der Waals surface area contributed by atoms with Gasteiger partial charge in [0.25, 0.3) is 0 Å². The Morgan fingerprint density at radius 3 is 2.14 bits per heavy atom. The molecule has 21 heavy (non-hydrogen) atoms. The van der Waals surface area contributed by atoms with Gasteiger partial charge in [0.05, 0.1) is 14.2 Å². The van der Waals surface area contributed by atoms with Gasteiger partial charge in [-0.3, -0.25) is 0 Å². The summed E-state index contributed by atoms with van der Waals surface area (Å²) in [6.45, 7) is 1.81. The van der Waals surface area contributed by atoms with Crippen LogP contribution in [0.3, 0.4) is 0 Å². The molecule has 112 valence electrons. The quantitative estimate of drug-likeness (QED) is 0.898. The molecule has 2 rings (SSSR count). The molecule has 3 nitrogen and oxygen atoms in total. The molecule has 0 saturated heterocycles. The zero-order valence-electron chi connectivity index (χ0n) is 12.1. The van der Waals surface area contributed by atoms with Crippen LogP contribution in [0.5, 0.6) is 11.5 Å². The van der Waals surface area contributed by atoms with Crippen LogP contribution in [-0.4, -0.2) is 14.2 Å². The molecule has 1 unspecified atom stereocenters. The highest BCUT2D eigenvalue weighted by Gasteiger charge is 2.14. The van der Waals surface area contributed by atoms with E-state index in [4.69, 9.17) is 9.47 Å². The van der Waals surface area contributed by atoms with Crippen molar-refractivity contribution in [1.82, 2.24) is 0 Å². The van der Waals surface area contributed by atoms with Crippen molar-refractivity contribution >= 4 is 5.69 Å². The maximum atomic E-state index is 13.6. The largest absolute Gasteiger partial charge is 0.493 e. The summed E-state index contributed by atoms with van der Waals surface area (Å²) in [5, 5.41) is 2.84. The average molecular weight is 293 g/mol. The first-order valence-electron chi connectivity index (χ1n) is 6.49. The van der Waals surface area contributed by atoms with Crippen LogP contribution in [0.25, 0.3) is 0 Å². The number of nitrogens with one attached hydrogen (secondary N) is 1. The molecule has 0 radical (unpaired) electrons. The van der Waals surface area contributed by atoms with E-state index in [9.17, 15) is 8.78 Å². The van der Waals surface area contributed by atoms with Gasteiger partial charge in [0.2, 0.25) is 0 Å². The van der Waals surface area contributed by atoms with E-state index in [0.717, 1.165) is 5.56 Å². The minimum atomic E-state index is -0.623. The third-order valence-electron chi connectivity index (χ3n) is 3.23. The van der Waals surface area contributed by atoms with Gasteiger partial charge < -0.3 is 14.8 Å². The monoisotopic (exact) mass is 293 g/mol. The van der Waals surface area contributed by atoms with Crippen LogP contribution in [0, 0.1) is 11.6 Å². The number of benzene rings is 2. The van der Waals surface area contributed by atoms with Gasteiger partial charge >= 0.3 is 0 Å². The second-order valence-corrected chi connectivity index (χ2v) is 4.58. The van der Waals surface area contributed by atoms with Gasteiger partial charge in [-0.2, -0.15) is 0 Å². The lowest BCUT2D eigenvalue weighted by atomic mass is 10.1. The SMILES string of the molecule is COc1ccc(C(C)Nc2c(F)cccc2F)cc1OC. The topological polar surface area (TPSA) is 30.5 Å². The molecular formula is C16H17F2NO2. The summed E-state index contributed by atoms with van der Waals surface area (Å²) in [5.41, 5.74) is 0.690. The summed E-state index contributed by atoms with van der Waals surface area (Å²) in [5.74, 6) is -0.0761. The van der Waals surface area contributed by atoms with Gasteiger partial charge in [-0.1, -0.05) is 12.1 Å². The second-order valence-electron chi connectivity index (χ2n) is 4.58. The first-order valence-corrected chi connectivity index (χ1v) is 6.49. The van der Waals surface area contributed by atoms with Crippen LogP contribution in [0.1, 0.15) is 18.5 Å². The maximum Gasteiger partial charge on any atom is 0.161 e. The Morgan fingerprint density at radius 1 is 0.952 bits per heavy atom. The van der Waals surface area contributed by atoms with Gasteiger partial charge in [0, 0.05) is 6.04 Å². The molecule has 0 saturated carbocycles. The van der Waals surface area contributed by atoms with Gasteiger partial charge in [0.1, 0.15) is 17.3 Å². The van der Waals surface area contributed by atoms with Crippen molar-refractivity contribution in [2.75, 3.05) is 19.5 Å². The van der Waals surface area contributed by atoms with Gasteiger partial charge in [-0.25, -0.2) is 8.78 Å². The Kier molecular flexibility index (Phi) is 4.62. The molecule has 0 amide bonds. The first-order chi connectivity index (χ1) is 10.1. The zero-order chi connectivity index (χ0) is 15.4. The van der Waals surface area contributed by atoms with E-state index in [-0.39, 0.29) is 11.7 Å². The first kappa shape index (κ1) is 15.1. The average Bonchev–Trinajstić information content (AvgIpc) is 2.50. The van der Waals surface area contributed by atoms with Crippen LogP contribution < -0.4 is 14.8 Å². The molecule has 0 aliphatic rings. The molecule has 1 N–H and O–H groups in total. The van der Waals surface area contributed by atoms with Crippen molar-refractivity contribution < 1.29 is 18.3 Å². The molecule has 0 bridgehead atoms. The summed E-state index contributed by atoms with van der Waals surface area (Å²) in [6.07, 6.45) is 0. The molecule has 5 heteroatoms. The summed E-state index contributed by atoms with van der Waals surface area (Å²) >= 11 is 0. The number of halogens is 2. The van der Waals surface area contributed by atoms with E-state index in [1.54, 1.807) is 19.2 Å². The number of anilines is 1. The number of rotatable bonds is 5. The molecule has 0 aliphatic carbocycles. The molecule has 0 spiro atoms. The van der Waals surface area contributed by atoms with Crippen LogP contribution >= 0.6 is 0 Å². The highest BCUT2D eigenvalue weighted by molar-refractivity contribution is 5.50. The number of methoxy groups -OCH3 is 2. The van der Waals surface area contributed by atoms with E-state index < -0.39 is 11.6 Å². The molecule has 0 fully saturated rings. The highest BCUT2D eigenvalue weighted by atomic mass is 19.1.